The molecular weight excluding hydrogens is 393 g/mol. The van der Waals surface area contributed by atoms with Crippen LogP contribution >= 0.6 is 11.6 Å². The van der Waals surface area contributed by atoms with Crippen LogP contribution in [0.25, 0.3) is 0 Å². The summed E-state index contributed by atoms with van der Waals surface area (Å²) in [6.45, 7) is 2.07. The summed E-state index contributed by atoms with van der Waals surface area (Å²) in [5.41, 5.74) is 0.506. The molecule has 0 saturated heterocycles. The number of nitrogens with one attached hydrogen (secondary N) is 1. The fraction of sp³-hybridized carbons (Fsp3) is 0.250. The molecule has 0 aliphatic rings. The Labute approximate surface area is 163 Å². The molecule has 3 aromatic rings. The van der Waals surface area contributed by atoms with E-state index in [0.717, 1.165) is 6.20 Å². The number of hydrogen-bond acceptors (Lipinski definition) is 6. The first-order chi connectivity index (χ1) is 13.3. The minimum absolute atomic E-state index is 0.0986. The summed E-state index contributed by atoms with van der Waals surface area (Å²) in [6.07, 6.45) is 3.79. The maximum absolute atomic E-state index is 13.1. The lowest BCUT2D eigenvalue weighted by Crippen LogP contribution is -2.25. The lowest BCUT2D eigenvalue weighted by atomic mass is 10.1. The van der Waals surface area contributed by atoms with Crippen LogP contribution in [0.3, 0.4) is 0 Å². The highest BCUT2D eigenvalue weighted by atomic mass is 35.5. The lowest BCUT2D eigenvalue weighted by molar-refractivity contribution is -0.385. The zero-order valence-electron chi connectivity index (χ0n) is 14.6. The van der Waals surface area contributed by atoms with Gasteiger partial charge in [0.05, 0.1) is 23.9 Å². The molecular formula is C16H15ClFN7O3. The normalized spacial score (nSPS) is 12.0. The van der Waals surface area contributed by atoms with Crippen molar-refractivity contribution < 1.29 is 14.1 Å². The van der Waals surface area contributed by atoms with Crippen molar-refractivity contribution in [3.8, 4) is 0 Å². The smallest absolute Gasteiger partial charge is 0.293 e. The Morgan fingerprint density at radius 1 is 1.43 bits per heavy atom. The van der Waals surface area contributed by atoms with Crippen molar-refractivity contribution in [2.75, 3.05) is 5.32 Å². The fourth-order valence-electron chi connectivity index (χ4n) is 2.40. The number of hydrogen-bond donors (Lipinski definition) is 1. The van der Waals surface area contributed by atoms with Crippen molar-refractivity contribution in [1.82, 2.24) is 24.5 Å². The van der Waals surface area contributed by atoms with Crippen molar-refractivity contribution in [1.29, 1.82) is 0 Å². The molecule has 2 aromatic heterocycles. The zero-order chi connectivity index (χ0) is 20.3. The third-order valence-corrected chi connectivity index (χ3v) is 4.21. The minimum Gasteiger partial charge on any atom is -0.293 e. The average Bonchev–Trinajstić information content (AvgIpc) is 3.27. The van der Waals surface area contributed by atoms with Crippen LogP contribution in [0.1, 0.15) is 12.5 Å². The van der Waals surface area contributed by atoms with Gasteiger partial charge in [0.15, 0.2) is 0 Å². The number of rotatable bonds is 7. The summed E-state index contributed by atoms with van der Waals surface area (Å²) >= 11 is 5.99. The molecule has 1 N–H and O–H groups in total. The van der Waals surface area contributed by atoms with Gasteiger partial charge < -0.3 is 0 Å². The van der Waals surface area contributed by atoms with Gasteiger partial charge in [0.1, 0.15) is 24.5 Å². The predicted molar refractivity (Wildman–Crippen MR) is 97.2 cm³/mol. The van der Waals surface area contributed by atoms with Gasteiger partial charge in [0.25, 0.3) is 0 Å². The third-order valence-electron chi connectivity index (χ3n) is 3.86. The molecule has 0 bridgehead atoms. The molecule has 1 atom stereocenters. The Balaban J connectivity index is 1.58. The number of nitrogens with zero attached hydrogens (tertiary/aromatic N) is 6. The van der Waals surface area contributed by atoms with Crippen LogP contribution in [0.5, 0.6) is 0 Å². The van der Waals surface area contributed by atoms with Crippen molar-refractivity contribution in [3.05, 3.63) is 63.4 Å². The van der Waals surface area contributed by atoms with E-state index in [4.69, 9.17) is 11.6 Å². The fourth-order valence-corrected chi connectivity index (χ4v) is 2.62. The number of benzene rings is 1. The van der Waals surface area contributed by atoms with Crippen LogP contribution in [0.2, 0.25) is 5.02 Å². The van der Waals surface area contributed by atoms with E-state index in [1.165, 1.54) is 34.0 Å². The van der Waals surface area contributed by atoms with E-state index < -0.39 is 16.7 Å². The zero-order valence-corrected chi connectivity index (χ0v) is 15.4. The summed E-state index contributed by atoms with van der Waals surface area (Å²) in [5, 5.41) is 21.5. The van der Waals surface area contributed by atoms with E-state index in [-0.39, 0.29) is 35.7 Å². The molecule has 1 aromatic carbocycles. The highest BCUT2D eigenvalue weighted by Crippen LogP contribution is 2.18. The summed E-state index contributed by atoms with van der Waals surface area (Å²) < 4.78 is 15.9. The van der Waals surface area contributed by atoms with Gasteiger partial charge in [0, 0.05) is 5.02 Å². The van der Waals surface area contributed by atoms with E-state index in [0.29, 0.717) is 5.56 Å². The molecule has 12 heteroatoms. The van der Waals surface area contributed by atoms with Gasteiger partial charge in [0.2, 0.25) is 11.9 Å². The summed E-state index contributed by atoms with van der Waals surface area (Å²) in [6, 6.07) is 4.04. The Bertz CT molecular complexity index is 1020. The molecule has 0 spiro atoms. The van der Waals surface area contributed by atoms with E-state index in [1.807, 2.05) is 0 Å². The van der Waals surface area contributed by atoms with Crippen LogP contribution < -0.4 is 5.32 Å². The molecule has 0 aliphatic carbocycles. The minimum atomic E-state index is -0.557. The molecule has 0 radical (unpaired) electrons. The number of aromatic nitrogens is 5. The molecule has 0 aliphatic heterocycles. The average molecular weight is 408 g/mol. The quantitative estimate of drug-likeness (QED) is 0.474. The first-order valence-corrected chi connectivity index (χ1v) is 8.50. The Hall–Kier alpha value is -3.34. The van der Waals surface area contributed by atoms with Crippen LogP contribution in [0.4, 0.5) is 16.0 Å². The predicted octanol–water partition coefficient (Wildman–Crippen LogP) is 2.50. The monoisotopic (exact) mass is 407 g/mol. The number of amides is 1. The standard InChI is InChI=1S/C16H15ClFN7O3/c1-10(6-23-8-13(5-20-23)25(27)28)15(26)21-16-19-9-24(22-16)7-11-2-3-12(18)4-14(11)17/h2-5,8-10H,6-7H2,1H3,(H,21,22,26). The first-order valence-electron chi connectivity index (χ1n) is 8.13. The van der Waals surface area contributed by atoms with Crippen molar-refractivity contribution >= 4 is 29.1 Å². The van der Waals surface area contributed by atoms with Gasteiger partial charge in [-0.3, -0.25) is 24.9 Å². The molecule has 0 fully saturated rings. The molecule has 146 valence electrons. The number of carbonyl (C=O) groups excluding carboxylic acids is 1. The summed E-state index contributed by atoms with van der Waals surface area (Å²) in [4.78, 5) is 26.4. The molecule has 1 amide bonds. The Morgan fingerprint density at radius 3 is 2.89 bits per heavy atom. The van der Waals surface area contributed by atoms with Gasteiger partial charge in [-0.05, 0) is 17.7 Å². The van der Waals surface area contributed by atoms with Crippen LogP contribution in [0, 0.1) is 21.8 Å². The number of carbonyl (C=O) groups is 1. The highest BCUT2D eigenvalue weighted by molar-refractivity contribution is 6.31. The van der Waals surface area contributed by atoms with E-state index in [2.05, 4.69) is 20.5 Å². The molecule has 1 unspecified atom stereocenters. The SMILES string of the molecule is CC(Cn1cc([N+](=O)[O-])cn1)C(=O)Nc1ncn(Cc2ccc(F)cc2Cl)n1. The van der Waals surface area contributed by atoms with E-state index >= 15 is 0 Å². The van der Waals surface area contributed by atoms with Crippen molar-refractivity contribution in [2.45, 2.75) is 20.0 Å². The molecule has 3 rings (SSSR count). The van der Waals surface area contributed by atoms with Gasteiger partial charge in [-0.1, -0.05) is 24.6 Å². The Morgan fingerprint density at radius 2 is 2.21 bits per heavy atom. The van der Waals surface area contributed by atoms with E-state index in [9.17, 15) is 19.3 Å². The van der Waals surface area contributed by atoms with Gasteiger partial charge in [-0.25, -0.2) is 14.1 Å². The highest BCUT2D eigenvalue weighted by Gasteiger charge is 2.18. The van der Waals surface area contributed by atoms with Crippen molar-refractivity contribution in [3.63, 3.8) is 0 Å². The van der Waals surface area contributed by atoms with Crippen LogP contribution in [-0.4, -0.2) is 35.4 Å². The second-order valence-corrected chi connectivity index (χ2v) is 6.48. The second-order valence-electron chi connectivity index (χ2n) is 6.07. The number of halogens is 2. The maximum atomic E-state index is 13.1. The number of nitro groups is 1. The largest absolute Gasteiger partial charge is 0.306 e. The second kappa shape index (κ2) is 8.13. The molecule has 0 saturated carbocycles. The van der Waals surface area contributed by atoms with Gasteiger partial charge >= 0.3 is 5.69 Å². The summed E-state index contributed by atoms with van der Waals surface area (Å²) in [5.74, 6) is -1.23. The van der Waals surface area contributed by atoms with Crippen LogP contribution in [0.15, 0.2) is 36.9 Å². The molecule has 28 heavy (non-hydrogen) atoms. The topological polar surface area (TPSA) is 121 Å². The maximum Gasteiger partial charge on any atom is 0.306 e. The van der Waals surface area contributed by atoms with Gasteiger partial charge in [-0.2, -0.15) is 5.10 Å². The molecule has 10 nitrogen and oxygen atoms in total. The Kier molecular flexibility index (Phi) is 5.64. The van der Waals surface area contributed by atoms with Gasteiger partial charge in [-0.15, -0.1) is 5.10 Å². The van der Waals surface area contributed by atoms with E-state index in [1.54, 1.807) is 13.0 Å². The first kappa shape index (κ1) is 19.4. The summed E-state index contributed by atoms with van der Waals surface area (Å²) in [7, 11) is 0. The van der Waals surface area contributed by atoms with Crippen LogP contribution in [-0.2, 0) is 17.9 Å². The molecule has 2 heterocycles. The number of anilines is 1. The van der Waals surface area contributed by atoms with Crippen molar-refractivity contribution in [2.24, 2.45) is 5.92 Å². The third kappa shape index (κ3) is 4.68. The lowest BCUT2D eigenvalue weighted by Gasteiger charge is -2.10.